The van der Waals surface area contributed by atoms with Crippen molar-refractivity contribution >= 4 is 40.1 Å². The number of aromatic nitrogens is 2. The Bertz CT molecular complexity index is 1470. The van der Waals surface area contributed by atoms with Crippen LogP contribution in [0.1, 0.15) is 46.5 Å². The zero-order chi connectivity index (χ0) is 30.1. The van der Waals surface area contributed by atoms with Gasteiger partial charge in [-0.05, 0) is 87.9 Å². The lowest BCUT2D eigenvalue weighted by Gasteiger charge is -2.36. The predicted molar refractivity (Wildman–Crippen MR) is 179 cm³/mol. The van der Waals surface area contributed by atoms with E-state index in [0.29, 0.717) is 13.1 Å². The first kappa shape index (κ1) is 30.7. The molecule has 7 nitrogen and oxygen atoms in total. The Morgan fingerprint density at radius 1 is 0.884 bits per heavy atom. The second kappa shape index (κ2) is 14.6. The molecule has 2 aromatic carbocycles. The molecule has 0 spiro atoms. The van der Waals surface area contributed by atoms with Crippen LogP contribution in [-0.2, 0) is 4.74 Å². The van der Waals surface area contributed by atoms with Crippen LogP contribution in [0.4, 0.5) is 16.2 Å². The molecule has 2 aromatic heterocycles. The van der Waals surface area contributed by atoms with E-state index in [4.69, 9.17) is 4.74 Å². The fraction of sp³-hybridized carbons (Fsp3) is 0.400. The minimum atomic E-state index is -0.459. The van der Waals surface area contributed by atoms with E-state index in [0.717, 1.165) is 54.3 Å². The van der Waals surface area contributed by atoms with Crippen LogP contribution in [0.3, 0.4) is 0 Å². The molecular formula is C35H43N5O2S. The van der Waals surface area contributed by atoms with E-state index in [2.05, 4.69) is 68.7 Å². The number of hydrogen-bond acceptors (Lipinski definition) is 7. The first-order chi connectivity index (χ1) is 20.9. The van der Waals surface area contributed by atoms with Crippen LogP contribution in [0.15, 0.2) is 84.0 Å². The molecule has 1 saturated heterocycles. The minimum Gasteiger partial charge on any atom is -0.444 e. The molecule has 0 unspecified atom stereocenters. The van der Waals surface area contributed by atoms with Crippen LogP contribution < -0.4 is 10.2 Å². The highest BCUT2D eigenvalue weighted by Crippen LogP contribution is 2.30. The maximum absolute atomic E-state index is 12.3. The van der Waals surface area contributed by atoms with Gasteiger partial charge in [-0.25, -0.2) is 4.79 Å². The van der Waals surface area contributed by atoms with Crippen LogP contribution in [0.2, 0.25) is 0 Å². The zero-order valence-corrected chi connectivity index (χ0v) is 26.4. The number of benzene rings is 2. The van der Waals surface area contributed by atoms with Crippen molar-refractivity contribution in [3.63, 3.8) is 0 Å². The van der Waals surface area contributed by atoms with Gasteiger partial charge < -0.3 is 19.9 Å². The summed E-state index contributed by atoms with van der Waals surface area (Å²) in [6.45, 7) is 9.69. The Morgan fingerprint density at radius 2 is 1.67 bits per heavy atom. The molecule has 1 fully saturated rings. The fourth-order valence-electron chi connectivity index (χ4n) is 5.20. The number of amides is 1. The number of pyridine rings is 2. The van der Waals surface area contributed by atoms with Gasteiger partial charge in [0.05, 0.1) is 11.2 Å². The van der Waals surface area contributed by atoms with Crippen LogP contribution in [-0.4, -0.2) is 65.0 Å². The molecule has 5 rings (SSSR count). The number of carbonyl (C=O) groups is 1. The monoisotopic (exact) mass is 597 g/mol. The Hall–Kier alpha value is -3.78. The lowest BCUT2D eigenvalue weighted by molar-refractivity contribution is 0.0240. The molecule has 4 aromatic rings. The van der Waals surface area contributed by atoms with E-state index < -0.39 is 5.60 Å². The maximum atomic E-state index is 12.3. The summed E-state index contributed by atoms with van der Waals surface area (Å²) in [4.78, 5) is 26.8. The summed E-state index contributed by atoms with van der Waals surface area (Å²) in [5.74, 6) is 1.11. The third-order valence-electron chi connectivity index (χ3n) is 7.49. The normalized spacial score (nSPS) is 13.7. The number of anilines is 2. The highest BCUT2D eigenvalue weighted by molar-refractivity contribution is 7.99. The van der Waals surface area contributed by atoms with Crippen LogP contribution in [0.5, 0.6) is 0 Å². The Balaban J connectivity index is 0.970. The van der Waals surface area contributed by atoms with Gasteiger partial charge in [-0.3, -0.25) is 9.97 Å². The average Bonchev–Trinajstić information content (AvgIpc) is 3.02. The largest absolute Gasteiger partial charge is 0.444 e. The van der Waals surface area contributed by atoms with Gasteiger partial charge in [0.15, 0.2) is 0 Å². The van der Waals surface area contributed by atoms with Crippen LogP contribution in [0, 0.1) is 0 Å². The molecule has 0 saturated carbocycles. The summed E-state index contributed by atoms with van der Waals surface area (Å²) in [6, 6.07) is 23.2. The second-order valence-corrected chi connectivity index (χ2v) is 13.1. The third-order valence-corrected chi connectivity index (χ3v) is 8.64. The molecule has 1 aliphatic heterocycles. The molecule has 0 atom stereocenters. The van der Waals surface area contributed by atoms with Crippen molar-refractivity contribution in [3.8, 4) is 11.3 Å². The van der Waals surface area contributed by atoms with Crippen molar-refractivity contribution in [2.45, 2.75) is 57.0 Å². The van der Waals surface area contributed by atoms with Gasteiger partial charge in [0.25, 0.3) is 0 Å². The topological polar surface area (TPSA) is 70.6 Å². The lowest BCUT2D eigenvalue weighted by Crippen LogP contribution is -2.50. The van der Waals surface area contributed by atoms with Crippen molar-refractivity contribution in [2.75, 3.05) is 48.7 Å². The van der Waals surface area contributed by atoms with Crippen molar-refractivity contribution < 1.29 is 9.53 Å². The Kier molecular flexibility index (Phi) is 10.4. The van der Waals surface area contributed by atoms with E-state index in [1.807, 2.05) is 63.1 Å². The average molecular weight is 598 g/mol. The minimum absolute atomic E-state index is 0.219. The van der Waals surface area contributed by atoms with Crippen molar-refractivity contribution in [1.82, 2.24) is 14.9 Å². The highest BCUT2D eigenvalue weighted by Gasteiger charge is 2.25. The summed E-state index contributed by atoms with van der Waals surface area (Å²) in [5, 5.41) is 4.78. The van der Waals surface area contributed by atoms with Crippen LogP contribution in [0.25, 0.3) is 22.2 Å². The SMILES string of the molecule is CC(C)(C)OC(=O)N1CCN(c2ccc(NCCCCCCSc3ccnc4cc(-c5ccccn5)ccc34)cc2)CC1. The van der Waals surface area contributed by atoms with Gasteiger partial charge in [0.1, 0.15) is 5.60 Å². The summed E-state index contributed by atoms with van der Waals surface area (Å²) in [7, 11) is 0. The highest BCUT2D eigenvalue weighted by atomic mass is 32.2. The standard InChI is InChI=1S/C35H43N5O2S/c1-35(2,3)42-34(41)40-23-21-39(22-24-40)29-14-12-28(13-15-29)36-18-7-4-5-9-25-43-33-17-20-38-32-26-27(11-16-30(32)33)31-10-6-8-19-37-31/h6,8,10-17,19-20,26,36H,4-5,7,9,18,21-25H2,1-3H3. The molecule has 8 heteroatoms. The van der Waals surface area contributed by atoms with Crippen molar-refractivity contribution in [3.05, 3.63) is 79.1 Å². The van der Waals surface area contributed by atoms with E-state index >= 15 is 0 Å². The molecule has 43 heavy (non-hydrogen) atoms. The molecular weight excluding hydrogens is 554 g/mol. The van der Waals surface area contributed by atoms with Gasteiger partial charge in [-0.15, -0.1) is 11.8 Å². The predicted octanol–water partition coefficient (Wildman–Crippen LogP) is 8.12. The summed E-state index contributed by atoms with van der Waals surface area (Å²) in [5.41, 5.74) is 4.99. The molecule has 1 aliphatic rings. The summed E-state index contributed by atoms with van der Waals surface area (Å²) < 4.78 is 5.51. The van der Waals surface area contributed by atoms with E-state index in [1.165, 1.54) is 35.2 Å². The smallest absolute Gasteiger partial charge is 0.410 e. The lowest BCUT2D eigenvalue weighted by atomic mass is 10.1. The molecule has 1 N–H and O–H groups in total. The Morgan fingerprint density at radius 3 is 2.42 bits per heavy atom. The molecule has 3 heterocycles. The van der Waals surface area contributed by atoms with Gasteiger partial charge in [-0.1, -0.05) is 31.0 Å². The molecule has 1 amide bonds. The molecule has 226 valence electrons. The van der Waals surface area contributed by atoms with Crippen molar-refractivity contribution in [2.24, 2.45) is 0 Å². The van der Waals surface area contributed by atoms with E-state index in [-0.39, 0.29) is 6.09 Å². The number of unbranched alkanes of at least 4 members (excludes halogenated alkanes) is 3. The quantitative estimate of drug-likeness (QED) is 0.138. The Labute approximate surface area is 260 Å². The maximum Gasteiger partial charge on any atom is 0.410 e. The van der Waals surface area contributed by atoms with E-state index in [1.54, 1.807) is 4.90 Å². The number of piperazine rings is 1. The summed E-state index contributed by atoms with van der Waals surface area (Å²) in [6.07, 6.45) is 8.34. The van der Waals surface area contributed by atoms with Gasteiger partial charge in [0.2, 0.25) is 0 Å². The number of rotatable bonds is 11. The third kappa shape index (κ3) is 8.86. The number of hydrogen-bond donors (Lipinski definition) is 1. The van der Waals surface area contributed by atoms with Gasteiger partial charge >= 0.3 is 6.09 Å². The number of thioether (sulfide) groups is 1. The number of nitrogens with zero attached hydrogens (tertiary/aromatic N) is 4. The van der Waals surface area contributed by atoms with Gasteiger partial charge in [-0.2, -0.15) is 0 Å². The van der Waals surface area contributed by atoms with E-state index in [9.17, 15) is 4.79 Å². The van der Waals surface area contributed by atoms with Crippen LogP contribution >= 0.6 is 11.8 Å². The first-order valence-corrected chi connectivity index (χ1v) is 16.3. The zero-order valence-electron chi connectivity index (χ0n) is 25.6. The molecule has 0 bridgehead atoms. The second-order valence-electron chi connectivity index (χ2n) is 11.9. The number of fused-ring (bicyclic) bond motifs is 1. The number of ether oxygens (including phenoxy) is 1. The fourth-order valence-corrected chi connectivity index (χ4v) is 6.25. The molecule has 0 aliphatic carbocycles. The van der Waals surface area contributed by atoms with Crippen molar-refractivity contribution in [1.29, 1.82) is 0 Å². The molecule has 0 radical (unpaired) electrons. The van der Waals surface area contributed by atoms with Gasteiger partial charge in [0, 0.05) is 72.3 Å². The first-order valence-electron chi connectivity index (χ1n) is 15.4. The summed E-state index contributed by atoms with van der Waals surface area (Å²) >= 11 is 1.93. The number of nitrogens with one attached hydrogen (secondary N) is 1. The number of carbonyl (C=O) groups excluding carboxylic acids is 1.